The molecule has 0 amide bonds. The number of rotatable bonds is 10. The molecule has 9 nitrogen and oxygen atoms in total. The van der Waals surface area contributed by atoms with Crippen molar-refractivity contribution >= 4 is 30.8 Å². The van der Waals surface area contributed by atoms with Crippen LogP contribution >= 0.6 is 0 Å². The minimum absolute atomic E-state index is 0. The number of aromatic nitrogens is 1. The van der Waals surface area contributed by atoms with Crippen LogP contribution in [0.25, 0.3) is 0 Å². The van der Waals surface area contributed by atoms with E-state index in [9.17, 15) is 9.18 Å². The Morgan fingerprint density at radius 2 is 1.82 bits per heavy atom. The molecule has 3 rings (SSSR count). The number of benzene rings is 1. The Balaban J connectivity index is -0.000000611. The summed E-state index contributed by atoms with van der Waals surface area (Å²) in [6.07, 6.45) is 7.41. The molecule has 216 valence electrons. The van der Waals surface area contributed by atoms with Gasteiger partial charge in [-0.25, -0.2) is 9.37 Å². The summed E-state index contributed by atoms with van der Waals surface area (Å²) in [6, 6.07) is 8.27. The Hall–Kier alpha value is -3.21. The lowest BCUT2D eigenvalue weighted by Gasteiger charge is -2.24. The van der Waals surface area contributed by atoms with Crippen molar-refractivity contribution in [2.75, 3.05) is 45.4 Å². The zero-order valence-corrected chi connectivity index (χ0v) is 23.3. The molecule has 0 unspecified atom stereocenters. The number of hydrogen-bond donors (Lipinski definition) is 4. The summed E-state index contributed by atoms with van der Waals surface area (Å²) in [5, 5.41) is 15.2. The van der Waals surface area contributed by atoms with Gasteiger partial charge in [0.25, 0.3) is 0 Å². The summed E-state index contributed by atoms with van der Waals surface area (Å²) in [4.78, 5) is 26.9. The molecule has 0 aliphatic carbocycles. The number of aliphatic hydroxyl groups is 1. The molecule has 0 bridgehead atoms. The maximum absolute atomic E-state index is 11.6. The second-order valence-electron chi connectivity index (χ2n) is 7.17. The lowest BCUT2D eigenvalue weighted by Crippen LogP contribution is -2.26. The topological polar surface area (TPSA) is 139 Å². The van der Waals surface area contributed by atoms with Crippen molar-refractivity contribution in [1.29, 1.82) is 0 Å². The molecule has 1 aliphatic heterocycles. The fourth-order valence-electron chi connectivity index (χ4n) is 3.32. The molecule has 5 N–H and O–H groups in total. The average Bonchev–Trinajstić information content (AvgIpc) is 3.00. The molecule has 1 aromatic heterocycles. The normalized spacial score (nSPS) is 12.3. The highest BCUT2D eigenvalue weighted by Gasteiger charge is 2.19. The fourth-order valence-corrected chi connectivity index (χ4v) is 3.32. The van der Waals surface area contributed by atoms with E-state index < -0.39 is 6.86 Å². The molecule has 38 heavy (non-hydrogen) atoms. The van der Waals surface area contributed by atoms with Crippen LogP contribution in [0.3, 0.4) is 0 Å². The number of anilines is 1. The van der Waals surface area contributed by atoms with E-state index in [4.69, 9.17) is 15.6 Å². The summed E-state index contributed by atoms with van der Waals surface area (Å²) < 4.78 is 16.1. The second kappa shape index (κ2) is 26.8. The molecular weight excluding hydrogens is 489 g/mol. The minimum atomic E-state index is -0.847. The second-order valence-corrected chi connectivity index (χ2v) is 7.17. The summed E-state index contributed by atoms with van der Waals surface area (Å²) in [5.41, 5.74) is 8.59. The molecule has 0 saturated carbocycles. The van der Waals surface area contributed by atoms with Gasteiger partial charge in [0, 0.05) is 32.5 Å². The number of piperidine rings is 1. The smallest absolute Gasteiger partial charge is 0.228 e. The SMILES string of the molecule is C=O.CC.CC.Nc1nccc(C2CCNCC2)c1N=CCCNCCO.O=Cc1ccc(OCF)cc1.[HH]. The standard InChI is InChI=1S/C15H25N5O.C8H7FO2.2C2H6.CH2O.H2/c16-15-14(19-6-1-5-17-10-11-21)13(4-9-20-15)12-2-7-18-8-3-12;9-6-11-8-3-1-7(5-10)2-4-8;3*1-2;/h4,6,9,12,17-18,21H,1-3,5,7-8,10-11H2,(H2,16,20);1-5H,6H2;2*1-2H3;1H2;1H. The van der Waals surface area contributed by atoms with E-state index in [0.717, 1.165) is 50.9 Å². The number of carbonyl (C=O) groups is 2. The van der Waals surface area contributed by atoms with E-state index in [1.807, 2.05) is 46.8 Å². The van der Waals surface area contributed by atoms with Crippen LogP contribution in [0.2, 0.25) is 0 Å². The number of carbonyl (C=O) groups excluding carboxylic acids is 2. The lowest BCUT2D eigenvalue weighted by molar-refractivity contribution is -0.0980. The van der Waals surface area contributed by atoms with Crippen LogP contribution in [0.1, 0.15) is 70.2 Å². The molecule has 0 spiro atoms. The number of pyridine rings is 1. The van der Waals surface area contributed by atoms with Crippen LogP contribution in [0, 0.1) is 0 Å². The fraction of sp³-hybridized carbons (Fsp3) is 0.500. The number of hydrogen-bond acceptors (Lipinski definition) is 9. The van der Waals surface area contributed by atoms with Crippen molar-refractivity contribution in [2.45, 2.75) is 52.9 Å². The van der Waals surface area contributed by atoms with Gasteiger partial charge < -0.3 is 31.0 Å². The maximum atomic E-state index is 11.6. The molecular formula is C28H48FN5O4. The largest absolute Gasteiger partial charge is 0.463 e. The van der Waals surface area contributed by atoms with Gasteiger partial charge in [-0.3, -0.25) is 9.79 Å². The molecule has 0 atom stereocenters. The zero-order valence-electron chi connectivity index (χ0n) is 23.3. The summed E-state index contributed by atoms with van der Waals surface area (Å²) in [7, 11) is 0. The Bertz CT molecular complexity index is 854. The van der Waals surface area contributed by atoms with Crippen molar-refractivity contribution in [3.8, 4) is 5.75 Å². The summed E-state index contributed by atoms with van der Waals surface area (Å²) in [5.74, 6) is 1.44. The monoisotopic (exact) mass is 537 g/mol. The van der Waals surface area contributed by atoms with Crippen LogP contribution in [0.5, 0.6) is 5.75 Å². The summed E-state index contributed by atoms with van der Waals surface area (Å²) in [6.45, 7) is 12.8. The third-order valence-corrected chi connectivity index (χ3v) is 4.96. The number of alkyl halides is 1. The van der Waals surface area contributed by atoms with Crippen molar-refractivity contribution in [3.63, 3.8) is 0 Å². The van der Waals surface area contributed by atoms with Crippen LogP contribution in [-0.4, -0.2) is 69.0 Å². The number of aliphatic imine (C=N–C) groups is 1. The van der Waals surface area contributed by atoms with E-state index in [1.165, 1.54) is 5.56 Å². The molecule has 1 saturated heterocycles. The number of nitrogens with two attached hydrogens (primary N) is 1. The minimum Gasteiger partial charge on any atom is -0.463 e. The first-order chi connectivity index (χ1) is 18.7. The van der Waals surface area contributed by atoms with Crippen molar-refractivity contribution in [1.82, 2.24) is 15.6 Å². The maximum Gasteiger partial charge on any atom is 0.228 e. The first-order valence-electron chi connectivity index (χ1n) is 13.0. The van der Waals surface area contributed by atoms with Gasteiger partial charge in [-0.05, 0) is 74.2 Å². The molecule has 2 aromatic rings. The highest BCUT2D eigenvalue weighted by atomic mass is 19.1. The average molecular weight is 538 g/mol. The molecule has 1 aliphatic rings. The lowest BCUT2D eigenvalue weighted by atomic mass is 9.89. The zero-order chi connectivity index (χ0) is 29.0. The Labute approximate surface area is 228 Å². The number of halogens is 1. The first-order valence-corrected chi connectivity index (χ1v) is 13.0. The number of ether oxygens (including phenoxy) is 1. The van der Waals surface area contributed by atoms with Gasteiger partial charge in [0.1, 0.15) is 30.3 Å². The van der Waals surface area contributed by atoms with E-state index >= 15 is 0 Å². The van der Waals surface area contributed by atoms with Crippen LogP contribution in [0.15, 0.2) is 41.5 Å². The Morgan fingerprint density at radius 1 is 1.18 bits per heavy atom. The van der Waals surface area contributed by atoms with Crippen molar-refractivity contribution < 1.29 is 25.2 Å². The van der Waals surface area contributed by atoms with Crippen LogP contribution < -0.4 is 21.1 Å². The third-order valence-electron chi connectivity index (χ3n) is 4.96. The van der Waals surface area contributed by atoms with Gasteiger partial charge in [-0.2, -0.15) is 0 Å². The quantitative estimate of drug-likeness (QED) is 0.194. The van der Waals surface area contributed by atoms with Gasteiger partial charge >= 0.3 is 0 Å². The van der Waals surface area contributed by atoms with E-state index in [0.29, 0.717) is 29.6 Å². The number of nitrogen functional groups attached to an aromatic ring is 1. The molecule has 1 aromatic carbocycles. The molecule has 0 radical (unpaired) electrons. The number of nitrogens with zero attached hydrogens (tertiary/aromatic N) is 2. The predicted molar refractivity (Wildman–Crippen MR) is 157 cm³/mol. The van der Waals surface area contributed by atoms with Crippen molar-refractivity contribution in [3.05, 3.63) is 47.7 Å². The van der Waals surface area contributed by atoms with Crippen molar-refractivity contribution in [2.24, 2.45) is 4.99 Å². The summed E-state index contributed by atoms with van der Waals surface area (Å²) >= 11 is 0. The van der Waals surface area contributed by atoms with Gasteiger partial charge in [-0.15, -0.1) is 0 Å². The van der Waals surface area contributed by atoms with Gasteiger partial charge in [0.15, 0.2) is 0 Å². The first kappa shape index (κ1) is 36.9. The number of aliphatic hydroxyl groups excluding tert-OH is 1. The van der Waals surface area contributed by atoms with Gasteiger partial charge in [-0.1, -0.05) is 27.7 Å². The number of aldehydes is 1. The van der Waals surface area contributed by atoms with Gasteiger partial charge in [0.2, 0.25) is 6.86 Å². The molecule has 10 heteroatoms. The van der Waals surface area contributed by atoms with E-state index in [1.54, 1.807) is 30.5 Å². The number of nitrogens with one attached hydrogen (secondary N) is 2. The van der Waals surface area contributed by atoms with Crippen LogP contribution in [0.4, 0.5) is 15.9 Å². The highest BCUT2D eigenvalue weighted by molar-refractivity contribution is 5.74. The Kier molecular flexibility index (Phi) is 26.1. The third kappa shape index (κ3) is 15.8. The van der Waals surface area contributed by atoms with E-state index in [-0.39, 0.29) is 8.03 Å². The Morgan fingerprint density at radius 3 is 2.37 bits per heavy atom. The highest BCUT2D eigenvalue weighted by Crippen LogP contribution is 2.35. The van der Waals surface area contributed by atoms with Gasteiger partial charge in [0.05, 0.1) is 6.61 Å². The molecule has 2 heterocycles. The predicted octanol–water partition coefficient (Wildman–Crippen LogP) is 4.72. The molecule has 1 fully saturated rings. The van der Waals surface area contributed by atoms with E-state index in [2.05, 4.69) is 25.3 Å². The van der Waals surface area contributed by atoms with Crippen LogP contribution in [-0.2, 0) is 4.79 Å².